The minimum atomic E-state index is -0.375. The lowest BCUT2D eigenvalue weighted by molar-refractivity contribution is 0.0737. The summed E-state index contributed by atoms with van der Waals surface area (Å²) in [7, 11) is 1.98. The third-order valence-electron chi connectivity index (χ3n) is 2.45. The van der Waals surface area contributed by atoms with E-state index in [2.05, 4.69) is 4.90 Å². The van der Waals surface area contributed by atoms with Crippen LogP contribution in [0, 0.1) is 0 Å². The van der Waals surface area contributed by atoms with Crippen LogP contribution in [0.25, 0.3) is 0 Å². The van der Waals surface area contributed by atoms with Crippen LogP contribution in [0.5, 0.6) is 5.75 Å². The highest BCUT2D eigenvalue weighted by atomic mass is 16.5. The van der Waals surface area contributed by atoms with Gasteiger partial charge < -0.3 is 9.84 Å². The van der Waals surface area contributed by atoms with Gasteiger partial charge in [0.2, 0.25) is 0 Å². The van der Waals surface area contributed by atoms with E-state index in [0.29, 0.717) is 6.54 Å². The first-order valence-corrected chi connectivity index (χ1v) is 4.84. The van der Waals surface area contributed by atoms with Crippen LogP contribution < -0.4 is 4.74 Å². The van der Waals surface area contributed by atoms with Gasteiger partial charge in [0.05, 0.1) is 0 Å². The van der Waals surface area contributed by atoms with E-state index in [4.69, 9.17) is 4.74 Å². The number of hydrogen-bond acceptors (Lipinski definition) is 3. The number of likely N-dealkylation sites (tertiary alicyclic amines) is 1. The van der Waals surface area contributed by atoms with E-state index < -0.39 is 0 Å². The van der Waals surface area contributed by atoms with Crippen molar-refractivity contribution in [3.05, 3.63) is 30.3 Å². The summed E-state index contributed by atoms with van der Waals surface area (Å²) in [5.41, 5.74) is 0. The van der Waals surface area contributed by atoms with Gasteiger partial charge in [-0.1, -0.05) is 18.2 Å². The van der Waals surface area contributed by atoms with E-state index in [1.54, 1.807) is 0 Å². The zero-order valence-corrected chi connectivity index (χ0v) is 8.26. The fourth-order valence-corrected chi connectivity index (χ4v) is 1.73. The summed E-state index contributed by atoms with van der Waals surface area (Å²) in [5.74, 6) is 0.826. The molecular formula is C11H15NO2. The number of benzene rings is 1. The lowest BCUT2D eigenvalue weighted by Crippen LogP contribution is -2.29. The quantitative estimate of drug-likeness (QED) is 0.752. The zero-order chi connectivity index (χ0) is 9.97. The Bertz CT molecular complexity index is 289. The summed E-state index contributed by atoms with van der Waals surface area (Å²) >= 11 is 0. The van der Waals surface area contributed by atoms with Crippen LogP contribution in [-0.2, 0) is 0 Å². The van der Waals surface area contributed by atoms with Gasteiger partial charge in [-0.05, 0) is 19.2 Å². The van der Waals surface area contributed by atoms with E-state index in [0.717, 1.165) is 12.3 Å². The molecule has 2 unspecified atom stereocenters. The number of likely N-dealkylation sites (N-methyl/N-ethyl adjacent to an activating group) is 1. The van der Waals surface area contributed by atoms with Gasteiger partial charge in [-0.3, -0.25) is 4.90 Å². The van der Waals surface area contributed by atoms with Gasteiger partial charge in [0.15, 0.2) is 0 Å². The van der Waals surface area contributed by atoms with E-state index >= 15 is 0 Å². The van der Waals surface area contributed by atoms with E-state index in [1.165, 1.54) is 0 Å². The van der Waals surface area contributed by atoms with Gasteiger partial charge in [0.25, 0.3) is 0 Å². The highest BCUT2D eigenvalue weighted by molar-refractivity contribution is 5.21. The van der Waals surface area contributed by atoms with E-state index in [-0.39, 0.29) is 12.2 Å². The molecule has 0 aliphatic carbocycles. The molecule has 3 nitrogen and oxygen atoms in total. The number of β-amino-alcohol motifs (C(OH)–C–C–N with tert-alkyl or cyclic N) is 1. The SMILES string of the molecule is CN1CC(O)C(Oc2ccccc2)C1. The molecule has 2 atom stereocenters. The van der Waals surface area contributed by atoms with Crippen molar-refractivity contribution >= 4 is 0 Å². The zero-order valence-electron chi connectivity index (χ0n) is 8.26. The third kappa shape index (κ3) is 2.05. The van der Waals surface area contributed by atoms with Gasteiger partial charge in [-0.25, -0.2) is 0 Å². The first-order valence-electron chi connectivity index (χ1n) is 4.84. The summed E-state index contributed by atoms with van der Waals surface area (Å²) < 4.78 is 5.67. The molecule has 2 rings (SSSR count). The Labute approximate surface area is 83.9 Å². The van der Waals surface area contributed by atoms with Gasteiger partial charge in [0, 0.05) is 13.1 Å². The molecule has 1 aliphatic rings. The number of rotatable bonds is 2. The maximum atomic E-state index is 9.65. The molecule has 1 saturated heterocycles. The molecule has 0 saturated carbocycles. The molecule has 1 aromatic rings. The Morgan fingerprint density at radius 2 is 2.00 bits per heavy atom. The predicted octanol–water partition coefficient (Wildman–Crippen LogP) is 0.740. The molecule has 1 fully saturated rings. The van der Waals surface area contributed by atoms with Crippen molar-refractivity contribution in [2.75, 3.05) is 20.1 Å². The Kier molecular flexibility index (Phi) is 2.70. The Morgan fingerprint density at radius 1 is 1.29 bits per heavy atom. The number of hydrogen-bond donors (Lipinski definition) is 1. The molecule has 1 aromatic carbocycles. The van der Waals surface area contributed by atoms with Gasteiger partial charge in [-0.2, -0.15) is 0 Å². The van der Waals surface area contributed by atoms with Crippen molar-refractivity contribution in [2.24, 2.45) is 0 Å². The van der Waals surface area contributed by atoms with Crippen molar-refractivity contribution in [3.8, 4) is 5.75 Å². The number of para-hydroxylation sites is 1. The van der Waals surface area contributed by atoms with Crippen LogP contribution in [0.2, 0.25) is 0 Å². The Hall–Kier alpha value is -1.06. The maximum Gasteiger partial charge on any atom is 0.138 e. The molecule has 3 heteroatoms. The minimum absolute atomic E-state index is 0.0950. The summed E-state index contributed by atoms with van der Waals surface area (Å²) in [5, 5.41) is 9.65. The van der Waals surface area contributed by atoms with Crippen molar-refractivity contribution in [3.63, 3.8) is 0 Å². The standard InChI is InChI=1S/C11H15NO2/c1-12-7-10(13)11(8-12)14-9-5-3-2-4-6-9/h2-6,10-11,13H,7-8H2,1H3. The van der Waals surface area contributed by atoms with Crippen LogP contribution in [0.15, 0.2) is 30.3 Å². The summed E-state index contributed by atoms with van der Waals surface area (Å²) in [4.78, 5) is 2.07. The monoisotopic (exact) mass is 193 g/mol. The van der Waals surface area contributed by atoms with Crippen LogP contribution in [0.1, 0.15) is 0 Å². The second-order valence-electron chi connectivity index (χ2n) is 3.76. The second-order valence-corrected chi connectivity index (χ2v) is 3.76. The lowest BCUT2D eigenvalue weighted by atomic mass is 10.2. The molecule has 1 heterocycles. The van der Waals surface area contributed by atoms with Crippen molar-refractivity contribution in [2.45, 2.75) is 12.2 Å². The number of aliphatic hydroxyl groups excluding tert-OH is 1. The molecule has 14 heavy (non-hydrogen) atoms. The highest BCUT2D eigenvalue weighted by Crippen LogP contribution is 2.17. The summed E-state index contributed by atoms with van der Waals surface area (Å²) in [6, 6.07) is 9.63. The normalized spacial score (nSPS) is 27.9. The molecule has 1 N–H and O–H groups in total. The van der Waals surface area contributed by atoms with E-state index in [1.807, 2.05) is 37.4 Å². The topological polar surface area (TPSA) is 32.7 Å². The van der Waals surface area contributed by atoms with Gasteiger partial charge in [-0.15, -0.1) is 0 Å². The lowest BCUT2D eigenvalue weighted by Gasteiger charge is -2.15. The van der Waals surface area contributed by atoms with Crippen LogP contribution in [-0.4, -0.2) is 42.4 Å². The van der Waals surface area contributed by atoms with Crippen LogP contribution in [0.3, 0.4) is 0 Å². The second kappa shape index (κ2) is 3.98. The molecule has 0 radical (unpaired) electrons. The molecular weight excluding hydrogens is 178 g/mol. The summed E-state index contributed by atoms with van der Waals surface area (Å²) in [6.07, 6.45) is -0.470. The fourth-order valence-electron chi connectivity index (χ4n) is 1.73. The molecule has 76 valence electrons. The number of ether oxygens (including phenoxy) is 1. The fraction of sp³-hybridized carbons (Fsp3) is 0.455. The predicted molar refractivity (Wildman–Crippen MR) is 54.4 cm³/mol. The van der Waals surface area contributed by atoms with E-state index in [9.17, 15) is 5.11 Å². The Morgan fingerprint density at radius 3 is 2.57 bits per heavy atom. The number of nitrogens with zero attached hydrogens (tertiary/aromatic N) is 1. The summed E-state index contributed by atoms with van der Waals surface area (Å²) in [6.45, 7) is 1.48. The maximum absolute atomic E-state index is 9.65. The van der Waals surface area contributed by atoms with Crippen LogP contribution in [0.4, 0.5) is 0 Å². The molecule has 0 spiro atoms. The van der Waals surface area contributed by atoms with Gasteiger partial charge >= 0.3 is 0 Å². The first-order chi connectivity index (χ1) is 6.75. The average Bonchev–Trinajstić information content (AvgIpc) is 2.47. The van der Waals surface area contributed by atoms with Crippen molar-refractivity contribution in [1.82, 2.24) is 4.90 Å². The molecule has 0 aromatic heterocycles. The molecule has 0 bridgehead atoms. The smallest absolute Gasteiger partial charge is 0.138 e. The largest absolute Gasteiger partial charge is 0.486 e. The van der Waals surface area contributed by atoms with Crippen molar-refractivity contribution < 1.29 is 9.84 Å². The molecule has 0 amide bonds. The average molecular weight is 193 g/mol. The first kappa shape index (κ1) is 9.49. The minimum Gasteiger partial charge on any atom is -0.486 e. The highest BCUT2D eigenvalue weighted by Gasteiger charge is 2.30. The van der Waals surface area contributed by atoms with Gasteiger partial charge in [0.1, 0.15) is 18.0 Å². The third-order valence-corrected chi connectivity index (χ3v) is 2.45. The Balaban J connectivity index is 1.98. The van der Waals surface area contributed by atoms with Crippen molar-refractivity contribution in [1.29, 1.82) is 0 Å². The van der Waals surface area contributed by atoms with Crippen LogP contribution >= 0.6 is 0 Å². The number of aliphatic hydroxyl groups is 1. The molecule has 1 aliphatic heterocycles.